The highest BCUT2D eigenvalue weighted by Crippen LogP contribution is 2.25. The molecule has 1 saturated heterocycles. The monoisotopic (exact) mass is 420 g/mol. The highest BCUT2D eigenvalue weighted by Gasteiger charge is 2.36. The molecule has 2 aromatic rings. The van der Waals surface area contributed by atoms with E-state index >= 15 is 0 Å². The molecule has 0 saturated carbocycles. The van der Waals surface area contributed by atoms with E-state index < -0.39 is 5.82 Å². The average Bonchev–Trinajstić information content (AvgIpc) is 3.01. The molecule has 0 aromatic heterocycles. The first-order valence-electron chi connectivity index (χ1n) is 10.1. The number of aryl methyl sites for hydroxylation is 1. The van der Waals surface area contributed by atoms with Crippen molar-refractivity contribution in [1.29, 1.82) is 5.26 Å². The van der Waals surface area contributed by atoms with E-state index in [9.17, 15) is 24.0 Å². The fourth-order valence-corrected chi connectivity index (χ4v) is 4.06. The Kier molecular flexibility index (Phi) is 5.42. The number of nitriles is 1. The van der Waals surface area contributed by atoms with Crippen LogP contribution in [0.15, 0.2) is 36.4 Å². The minimum Gasteiger partial charge on any atom is -0.367 e. The van der Waals surface area contributed by atoms with Gasteiger partial charge in [-0.1, -0.05) is 17.7 Å². The van der Waals surface area contributed by atoms with E-state index in [2.05, 4.69) is 0 Å². The summed E-state index contributed by atoms with van der Waals surface area (Å²) >= 11 is 0. The van der Waals surface area contributed by atoms with Gasteiger partial charge in [-0.25, -0.2) is 4.39 Å². The largest absolute Gasteiger partial charge is 0.367 e. The van der Waals surface area contributed by atoms with Gasteiger partial charge in [0.15, 0.2) is 0 Å². The maximum Gasteiger partial charge on any atom is 0.261 e. The molecule has 31 heavy (non-hydrogen) atoms. The summed E-state index contributed by atoms with van der Waals surface area (Å²) in [5.74, 6) is -1.44. The maximum atomic E-state index is 13.9. The van der Waals surface area contributed by atoms with E-state index in [4.69, 9.17) is 0 Å². The number of carbonyl (C=O) groups is 3. The van der Waals surface area contributed by atoms with Crippen molar-refractivity contribution in [2.24, 2.45) is 0 Å². The molecule has 2 heterocycles. The molecule has 1 fully saturated rings. The summed E-state index contributed by atoms with van der Waals surface area (Å²) in [7, 11) is 0. The van der Waals surface area contributed by atoms with Gasteiger partial charge in [0.1, 0.15) is 17.4 Å². The summed E-state index contributed by atoms with van der Waals surface area (Å²) in [5.41, 5.74) is 2.18. The van der Waals surface area contributed by atoms with Gasteiger partial charge in [0.05, 0.1) is 16.8 Å². The number of hydrogen-bond donors (Lipinski definition) is 0. The van der Waals surface area contributed by atoms with Crippen molar-refractivity contribution >= 4 is 23.4 Å². The van der Waals surface area contributed by atoms with Gasteiger partial charge in [-0.2, -0.15) is 5.26 Å². The fourth-order valence-electron chi connectivity index (χ4n) is 4.06. The zero-order valence-corrected chi connectivity index (χ0v) is 17.1. The lowest BCUT2D eigenvalue weighted by molar-refractivity contribution is -0.131. The van der Waals surface area contributed by atoms with Crippen molar-refractivity contribution in [3.63, 3.8) is 0 Å². The van der Waals surface area contributed by atoms with Crippen molar-refractivity contribution < 1.29 is 18.8 Å². The Bertz CT molecular complexity index is 1120. The van der Waals surface area contributed by atoms with E-state index in [0.29, 0.717) is 43.0 Å². The number of amides is 3. The van der Waals surface area contributed by atoms with Gasteiger partial charge in [-0.3, -0.25) is 19.3 Å². The summed E-state index contributed by atoms with van der Waals surface area (Å²) in [5, 5.41) is 9.23. The van der Waals surface area contributed by atoms with Crippen molar-refractivity contribution in [1.82, 2.24) is 9.80 Å². The second kappa shape index (κ2) is 8.19. The van der Waals surface area contributed by atoms with E-state index in [0.717, 1.165) is 10.5 Å². The van der Waals surface area contributed by atoms with Gasteiger partial charge in [-0.15, -0.1) is 0 Å². The number of carbonyl (C=O) groups excluding carboxylic acids is 3. The van der Waals surface area contributed by atoms with Crippen LogP contribution in [-0.2, 0) is 4.79 Å². The van der Waals surface area contributed by atoms with Gasteiger partial charge in [0.25, 0.3) is 11.8 Å². The molecule has 158 valence electrons. The summed E-state index contributed by atoms with van der Waals surface area (Å²) in [6.45, 7) is 3.66. The summed E-state index contributed by atoms with van der Waals surface area (Å²) in [4.78, 5) is 42.4. The van der Waals surface area contributed by atoms with Crippen molar-refractivity contribution in [2.45, 2.75) is 13.3 Å². The molecule has 0 N–H and O–H groups in total. The molecule has 3 amide bonds. The molecule has 8 heteroatoms. The second-order valence-corrected chi connectivity index (χ2v) is 7.67. The first kappa shape index (κ1) is 20.5. The van der Waals surface area contributed by atoms with Crippen molar-refractivity contribution in [2.75, 3.05) is 37.6 Å². The quantitative estimate of drug-likeness (QED) is 0.709. The third-order valence-electron chi connectivity index (χ3n) is 5.75. The van der Waals surface area contributed by atoms with Crippen molar-refractivity contribution in [3.05, 3.63) is 64.5 Å². The van der Waals surface area contributed by atoms with E-state index in [1.54, 1.807) is 35.2 Å². The Hall–Kier alpha value is -3.73. The van der Waals surface area contributed by atoms with Gasteiger partial charge in [0, 0.05) is 39.1 Å². The van der Waals surface area contributed by atoms with Gasteiger partial charge in [0.2, 0.25) is 5.91 Å². The SMILES string of the molecule is Cc1ccc2c(c1)C(=O)N(CCC(=O)N1CCN(c3cccc(F)c3C#N)CC1)C2=O. The Morgan fingerprint density at radius 1 is 1.06 bits per heavy atom. The van der Waals surface area contributed by atoms with E-state index in [-0.39, 0.29) is 36.3 Å². The highest BCUT2D eigenvalue weighted by molar-refractivity contribution is 6.21. The van der Waals surface area contributed by atoms with Crippen LogP contribution in [0, 0.1) is 24.1 Å². The minimum absolute atomic E-state index is 0.00291. The van der Waals surface area contributed by atoms with Crippen LogP contribution in [0.5, 0.6) is 0 Å². The molecule has 0 aliphatic carbocycles. The standard InChI is InChI=1S/C23H21FN4O3/c1-15-5-6-16-17(13-15)23(31)28(22(16)30)8-7-21(29)27-11-9-26(10-12-27)20-4-2-3-19(24)18(20)14-25/h2-6,13H,7-12H2,1H3. The number of fused-ring (bicyclic) bond motifs is 1. The number of piperazine rings is 1. The predicted molar refractivity (Wildman–Crippen MR) is 111 cm³/mol. The maximum absolute atomic E-state index is 13.9. The number of anilines is 1. The van der Waals surface area contributed by atoms with E-state index in [1.165, 1.54) is 6.07 Å². The highest BCUT2D eigenvalue weighted by atomic mass is 19.1. The number of benzene rings is 2. The van der Waals surface area contributed by atoms with Crippen LogP contribution in [-0.4, -0.2) is 60.2 Å². The molecule has 0 unspecified atom stereocenters. The van der Waals surface area contributed by atoms with Crippen molar-refractivity contribution in [3.8, 4) is 6.07 Å². The van der Waals surface area contributed by atoms with Crippen LogP contribution >= 0.6 is 0 Å². The van der Waals surface area contributed by atoms with Gasteiger partial charge < -0.3 is 9.80 Å². The molecule has 0 spiro atoms. The van der Waals surface area contributed by atoms with Crippen LogP contribution in [0.2, 0.25) is 0 Å². The lowest BCUT2D eigenvalue weighted by Crippen LogP contribution is -2.49. The predicted octanol–water partition coefficient (Wildman–Crippen LogP) is 2.34. The van der Waals surface area contributed by atoms with Gasteiger partial charge >= 0.3 is 0 Å². The summed E-state index contributed by atoms with van der Waals surface area (Å²) in [6.07, 6.45) is 0.0495. The zero-order chi connectivity index (χ0) is 22.1. The number of rotatable bonds is 4. The number of halogens is 1. The fraction of sp³-hybridized carbons (Fsp3) is 0.304. The molecule has 2 aliphatic rings. The smallest absolute Gasteiger partial charge is 0.261 e. The zero-order valence-electron chi connectivity index (χ0n) is 17.1. The van der Waals surface area contributed by atoms with Crippen LogP contribution < -0.4 is 4.90 Å². The number of nitrogens with zero attached hydrogens (tertiary/aromatic N) is 4. The van der Waals surface area contributed by atoms with Gasteiger partial charge in [-0.05, 0) is 31.2 Å². The lowest BCUT2D eigenvalue weighted by Gasteiger charge is -2.36. The summed E-state index contributed by atoms with van der Waals surface area (Å²) < 4.78 is 13.9. The molecule has 4 rings (SSSR count). The lowest BCUT2D eigenvalue weighted by atomic mass is 10.1. The normalized spacial score (nSPS) is 15.8. The Morgan fingerprint density at radius 3 is 2.48 bits per heavy atom. The number of hydrogen-bond acceptors (Lipinski definition) is 5. The molecular weight excluding hydrogens is 399 g/mol. The Morgan fingerprint density at radius 2 is 1.77 bits per heavy atom. The molecule has 0 radical (unpaired) electrons. The van der Waals surface area contributed by atoms with Crippen LogP contribution in [0.1, 0.15) is 38.3 Å². The molecule has 2 aliphatic heterocycles. The number of imide groups is 1. The minimum atomic E-state index is -0.561. The van der Waals surface area contributed by atoms with Crippen LogP contribution in [0.3, 0.4) is 0 Å². The molecule has 7 nitrogen and oxygen atoms in total. The Balaban J connectivity index is 1.34. The topological polar surface area (TPSA) is 84.7 Å². The summed E-state index contributed by atoms with van der Waals surface area (Å²) in [6, 6.07) is 11.5. The average molecular weight is 420 g/mol. The molecule has 0 bridgehead atoms. The van der Waals surface area contributed by atoms with E-state index in [1.807, 2.05) is 17.9 Å². The second-order valence-electron chi connectivity index (χ2n) is 7.67. The van der Waals surface area contributed by atoms with Crippen LogP contribution in [0.4, 0.5) is 10.1 Å². The van der Waals surface area contributed by atoms with Crippen LogP contribution in [0.25, 0.3) is 0 Å². The first-order valence-corrected chi connectivity index (χ1v) is 10.1. The molecule has 0 atom stereocenters. The third kappa shape index (κ3) is 3.75. The molecule has 2 aromatic carbocycles. The molecular formula is C23H21FN4O3. The third-order valence-corrected chi connectivity index (χ3v) is 5.75. The Labute approximate surface area is 179 Å². The first-order chi connectivity index (χ1) is 14.9.